The topological polar surface area (TPSA) is 129 Å². The Labute approximate surface area is 342 Å². The zero-order valence-electron chi connectivity index (χ0n) is 35.4. The van der Waals surface area contributed by atoms with E-state index in [9.17, 15) is 19.2 Å². The Hall–Kier alpha value is -4.29. The van der Waals surface area contributed by atoms with Crippen LogP contribution in [0.1, 0.15) is 102 Å². The first-order chi connectivity index (χ1) is 27.8. The number of piperidine rings is 2. The summed E-state index contributed by atoms with van der Waals surface area (Å²) >= 11 is 0. The highest BCUT2D eigenvalue weighted by Gasteiger charge is 2.36. The van der Waals surface area contributed by atoms with Crippen molar-refractivity contribution in [1.82, 2.24) is 14.5 Å². The van der Waals surface area contributed by atoms with Gasteiger partial charge in [0.05, 0.1) is 12.2 Å². The monoisotopic (exact) mass is 817 g/mol. The Balaban J connectivity index is 1.07. The van der Waals surface area contributed by atoms with Crippen molar-refractivity contribution in [3.63, 3.8) is 0 Å². The van der Waals surface area contributed by atoms with E-state index in [2.05, 4.69) is 69.9 Å². The Bertz CT molecular complexity index is 2010. The molecule has 2 fully saturated rings. The van der Waals surface area contributed by atoms with Crippen LogP contribution in [0.4, 0.5) is 11.4 Å². The molecule has 0 N–H and O–H groups in total. The van der Waals surface area contributed by atoms with Crippen molar-refractivity contribution in [2.75, 3.05) is 62.2 Å². The van der Waals surface area contributed by atoms with Crippen molar-refractivity contribution in [1.29, 1.82) is 0 Å². The molecule has 0 spiro atoms. The predicted molar refractivity (Wildman–Crippen MR) is 231 cm³/mol. The second kappa shape index (κ2) is 19.2. The van der Waals surface area contributed by atoms with Gasteiger partial charge < -0.3 is 37.5 Å². The van der Waals surface area contributed by atoms with Gasteiger partial charge in [0, 0.05) is 98.7 Å². The number of hydrogen-bond acceptors (Lipinski definition) is 11. The van der Waals surface area contributed by atoms with Crippen LogP contribution in [0.2, 0.25) is 0 Å². The van der Waals surface area contributed by atoms with E-state index in [-0.39, 0.29) is 47.2 Å². The minimum absolute atomic E-state index is 0.0367. The van der Waals surface area contributed by atoms with Gasteiger partial charge >= 0.3 is 11.3 Å². The van der Waals surface area contributed by atoms with Crippen LogP contribution in [-0.4, -0.2) is 103 Å². The van der Waals surface area contributed by atoms with E-state index in [1.54, 1.807) is 21.9 Å². The molecule has 2 aromatic carbocycles. The number of anilines is 2. The molecule has 0 unspecified atom stereocenters. The lowest BCUT2D eigenvalue weighted by molar-refractivity contribution is 0.0379. The minimum atomic E-state index is -1.48. The number of likely N-dealkylation sites (tertiary alicyclic amines) is 2. The molecular formula is C44H60N5O8P. The fraction of sp³-hybridized carbons (Fsp3) is 0.545. The Morgan fingerprint density at radius 2 is 1.00 bits per heavy atom. The third-order valence-corrected chi connectivity index (χ3v) is 13.6. The molecule has 0 atom stereocenters. The van der Waals surface area contributed by atoms with Crippen molar-refractivity contribution in [3.8, 4) is 0 Å². The number of fused-ring (bicyclic) bond motifs is 2. The molecule has 0 aliphatic carbocycles. The molecule has 2 amide bonds. The molecule has 4 heterocycles. The van der Waals surface area contributed by atoms with Gasteiger partial charge in [-0.05, 0) is 117 Å². The van der Waals surface area contributed by atoms with Crippen LogP contribution in [0.3, 0.4) is 0 Å². The number of hydrogen-bond donors (Lipinski definition) is 0. The summed E-state index contributed by atoms with van der Waals surface area (Å²) in [5, 5.41) is 1.42. The number of rotatable bonds is 15. The highest BCUT2D eigenvalue weighted by Crippen LogP contribution is 2.50. The zero-order chi connectivity index (χ0) is 41.7. The number of carbonyl (C=O) groups excluding carboxylic acids is 2. The van der Waals surface area contributed by atoms with E-state index in [0.717, 1.165) is 37.6 Å². The molecule has 13 nitrogen and oxygen atoms in total. The van der Waals surface area contributed by atoms with Gasteiger partial charge in [0.25, 0.3) is 20.3 Å². The maximum Gasteiger partial charge on any atom is 0.349 e. The third-order valence-electron chi connectivity index (χ3n) is 11.3. The molecule has 2 aliphatic rings. The molecule has 2 aromatic heterocycles. The normalized spacial score (nSPS) is 15.8. The Morgan fingerprint density at radius 1 is 0.638 bits per heavy atom. The quantitative estimate of drug-likeness (QED) is 0.0859. The first kappa shape index (κ1) is 43.3. The molecule has 6 rings (SSSR count). The lowest BCUT2D eigenvalue weighted by Gasteiger charge is -2.42. The second-order valence-electron chi connectivity index (χ2n) is 15.7. The summed E-state index contributed by atoms with van der Waals surface area (Å²) in [6.07, 6.45) is 2.12. The van der Waals surface area contributed by atoms with Crippen molar-refractivity contribution >= 4 is 53.7 Å². The van der Waals surface area contributed by atoms with Gasteiger partial charge in [-0.25, -0.2) is 14.3 Å². The van der Waals surface area contributed by atoms with Crippen molar-refractivity contribution in [2.45, 2.75) is 105 Å². The van der Waals surface area contributed by atoms with Gasteiger partial charge in [-0.1, -0.05) is 0 Å². The summed E-state index contributed by atoms with van der Waals surface area (Å²) in [4.78, 5) is 61.2. The van der Waals surface area contributed by atoms with Gasteiger partial charge in [-0.2, -0.15) is 0 Å². The van der Waals surface area contributed by atoms with E-state index in [4.69, 9.17) is 17.9 Å². The van der Waals surface area contributed by atoms with Crippen LogP contribution < -0.4 is 21.1 Å². The number of amides is 2. The summed E-state index contributed by atoms with van der Waals surface area (Å²) in [6, 6.07) is 15.1. The lowest BCUT2D eigenvalue weighted by atomic mass is 10.1. The van der Waals surface area contributed by atoms with E-state index >= 15 is 0 Å². The van der Waals surface area contributed by atoms with Gasteiger partial charge in [0.2, 0.25) is 0 Å². The smallest absolute Gasteiger partial charge is 0.349 e. The van der Waals surface area contributed by atoms with Gasteiger partial charge in [0.1, 0.15) is 22.3 Å². The second-order valence-corrected chi connectivity index (χ2v) is 17.0. The summed E-state index contributed by atoms with van der Waals surface area (Å²) < 4.78 is 27.2. The first-order valence-corrected chi connectivity index (χ1v) is 22.1. The average molecular weight is 818 g/mol. The maximum absolute atomic E-state index is 13.6. The number of nitrogens with zero attached hydrogens (tertiary/aromatic N) is 5. The van der Waals surface area contributed by atoms with Crippen LogP contribution in [0.15, 0.2) is 67.0 Å². The standard InChI is InChI=1S/C44H60N5O8P/c1-9-45(10-2)33-15-13-31-25-37(43(52)54-39(31)27-33)41(50)47-21-17-35(18-22-47)56-58(49(29(5)6)30(7)8)57-36-19-23-48(24-20-36)42(51)38-26-32-14-16-34(46(11-3)12-4)28-40(32)55-44(38)53/h13-16,25-30,35-36H,9-12,17-24H2,1-8H3. The summed E-state index contributed by atoms with van der Waals surface area (Å²) in [5.74, 6) is -0.669. The summed E-state index contributed by atoms with van der Waals surface area (Å²) in [7, 11) is -1.48. The SMILES string of the molecule is CCN(CC)c1ccc2cc(C(=O)N3CCC(OP(OC4CCN(C(=O)c5cc6ccc(N(CC)CC)cc6oc5=O)CC4)N(C(C)C)C(C)C)CC3)c(=O)oc2c1. The van der Waals surface area contributed by atoms with Crippen LogP contribution in [-0.2, 0) is 9.05 Å². The number of benzene rings is 2. The maximum atomic E-state index is 13.6. The lowest BCUT2D eigenvalue weighted by Crippen LogP contribution is -2.44. The van der Waals surface area contributed by atoms with Crippen LogP contribution in [0.5, 0.6) is 0 Å². The van der Waals surface area contributed by atoms with E-state index in [0.29, 0.717) is 73.8 Å². The fourth-order valence-corrected chi connectivity index (χ4v) is 10.1. The fourth-order valence-electron chi connectivity index (χ4n) is 8.10. The largest absolute Gasteiger partial charge is 0.422 e. The van der Waals surface area contributed by atoms with Gasteiger partial charge in [-0.15, -0.1) is 0 Å². The third kappa shape index (κ3) is 9.60. The Morgan fingerprint density at radius 3 is 1.33 bits per heavy atom. The van der Waals surface area contributed by atoms with Crippen molar-refractivity contribution in [2.24, 2.45) is 0 Å². The Kier molecular flexibility index (Phi) is 14.3. The predicted octanol–water partition coefficient (Wildman–Crippen LogP) is 7.88. The molecular weight excluding hydrogens is 757 g/mol. The van der Waals surface area contributed by atoms with Crippen molar-refractivity contribution in [3.05, 3.63) is 80.5 Å². The minimum Gasteiger partial charge on any atom is -0.422 e. The average Bonchev–Trinajstić information content (AvgIpc) is 3.21. The van der Waals surface area contributed by atoms with E-state index in [1.165, 1.54) is 0 Å². The summed E-state index contributed by atoms with van der Waals surface area (Å²) in [5.41, 5.74) is 1.67. The highest BCUT2D eigenvalue weighted by molar-refractivity contribution is 7.44. The molecule has 58 heavy (non-hydrogen) atoms. The van der Waals surface area contributed by atoms with Crippen LogP contribution in [0, 0.1) is 0 Å². The van der Waals surface area contributed by atoms with Crippen LogP contribution >= 0.6 is 8.53 Å². The molecule has 14 heteroatoms. The van der Waals surface area contributed by atoms with Gasteiger partial charge in [-0.3, -0.25) is 9.59 Å². The molecule has 2 saturated heterocycles. The zero-order valence-corrected chi connectivity index (χ0v) is 36.3. The molecule has 0 bridgehead atoms. The first-order valence-electron chi connectivity index (χ1n) is 21.0. The van der Waals surface area contributed by atoms with Gasteiger partial charge in [0.15, 0.2) is 0 Å². The number of carbonyl (C=O) groups is 2. The van der Waals surface area contributed by atoms with E-state index < -0.39 is 19.8 Å². The molecule has 2 aliphatic heterocycles. The van der Waals surface area contributed by atoms with E-state index in [1.807, 2.05) is 36.4 Å². The molecule has 314 valence electrons. The molecule has 0 saturated carbocycles. The van der Waals surface area contributed by atoms with Crippen LogP contribution in [0.25, 0.3) is 21.9 Å². The highest BCUT2D eigenvalue weighted by atomic mass is 31.2. The molecule has 4 aromatic rings. The summed E-state index contributed by atoms with van der Waals surface area (Å²) in [6.45, 7) is 21.9. The van der Waals surface area contributed by atoms with Crippen molar-refractivity contribution < 1.29 is 27.5 Å². The molecule has 0 radical (unpaired) electrons.